The van der Waals surface area contributed by atoms with E-state index < -0.39 is 0 Å². The summed E-state index contributed by atoms with van der Waals surface area (Å²) in [5.41, 5.74) is 0.503. The van der Waals surface area contributed by atoms with Crippen molar-refractivity contribution in [2.45, 2.75) is 18.9 Å². The number of carbonyl (C=O) groups excluding carboxylic acids is 1. The fraction of sp³-hybridized carbons (Fsp3) is 0.412. The van der Waals surface area contributed by atoms with Gasteiger partial charge in [0.05, 0.1) is 0 Å². The van der Waals surface area contributed by atoms with E-state index >= 15 is 0 Å². The molecule has 0 atom stereocenters. The molecule has 0 aliphatic carbocycles. The van der Waals surface area contributed by atoms with Gasteiger partial charge in [-0.3, -0.25) is 4.79 Å². The van der Waals surface area contributed by atoms with E-state index in [-0.39, 0.29) is 23.3 Å². The second-order valence-electron chi connectivity index (χ2n) is 5.78. The van der Waals surface area contributed by atoms with Gasteiger partial charge in [-0.05, 0) is 51.2 Å². The minimum Gasteiger partial charge on any atom is -0.360 e. The summed E-state index contributed by atoms with van der Waals surface area (Å²) in [5, 5.41) is 12.0. The molecule has 0 unspecified atom stereocenters. The number of benzene rings is 1. The Hall–Kier alpha value is -2.39. The van der Waals surface area contributed by atoms with Gasteiger partial charge >= 0.3 is 0 Å². The summed E-state index contributed by atoms with van der Waals surface area (Å²) < 4.78 is 13.1. The highest BCUT2D eigenvalue weighted by atomic mass is 19.1. The lowest BCUT2D eigenvalue weighted by atomic mass is 10.0. The van der Waals surface area contributed by atoms with Gasteiger partial charge in [-0.2, -0.15) is 5.26 Å². The summed E-state index contributed by atoms with van der Waals surface area (Å²) >= 11 is 0. The largest absolute Gasteiger partial charge is 0.360 e. The second kappa shape index (κ2) is 7.75. The monoisotopic (exact) mass is 316 g/mol. The molecule has 23 heavy (non-hydrogen) atoms. The van der Waals surface area contributed by atoms with Crippen molar-refractivity contribution >= 4 is 11.6 Å². The van der Waals surface area contributed by atoms with Crippen molar-refractivity contribution in [1.29, 1.82) is 5.26 Å². The molecule has 1 aliphatic heterocycles. The summed E-state index contributed by atoms with van der Waals surface area (Å²) in [7, 11) is 3.78. The van der Waals surface area contributed by atoms with Crippen molar-refractivity contribution in [3.63, 3.8) is 0 Å². The molecule has 2 rings (SSSR count). The first-order valence-electron chi connectivity index (χ1n) is 7.59. The van der Waals surface area contributed by atoms with Crippen LogP contribution in [0.4, 0.5) is 10.1 Å². The Morgan fingerprint density at radius 3 is 2.78 bits per heavy atom. The maximum absolute atomic E-state index is 13.1. The zero-order chi connectivity index (χ0) is 16.8. The third-order valence-electron chi connectivity index (χ3n) is 4.11. The third kappa shape index (κ3) is 4.54. The van der Waals surface area contributed by atoms with Crippen LogP contribution in [0.3, 0.4) is 0 Å². The quantitative estimate of drug-likeness (QED) is 0.683. The van der Waals surface area contributed by atoms with Crippen LogP contribution in [0, 0.1) is 17.1 Å². The minimum atomic E-state index is -0.378. The van der Waals surface area contributed by atoms with Gasteiger partial charge in [-0.15, -0.1) is 0 Å². The average Bonchev–Trinajstić information content (AvgIpc) is 2.55. The van der Waals surface area contributed by atoms with Crippen LogP contribution in [0.25, 0.3) is 0 Å². The molecule has 0 bridgehead atoms. The zero-order valence-corrected chi connectivity index (χ0v) is 13.4. The first-order valence-corrected chi connectivity index (χ1v) is 7.59. The number of nitrogens with zero attached hydrogens (tertiary/aromatic N) is 3. The molecule has 5 nitrogen and oxygen atoms in total. The lowest BCUT2D eigenvalue weighted by Gasteiger charge is -2.34. The predicted molar refractivity (Wildman–Crippen MR) is 87.0 cm³/mol. The van der Waals surface area contributed by atoms with Gasteiger partial charge in [0.15, 0.2) is 0 Å². The molecular weight excluding hydrogens is 295 g/mol. The van der Waals surface area contributed by atoms with Crippen LogP contribution in [0.1, 0.15) is 12.8 Å². The Kier molecular flexibility index (Phi) is 5.72. The molecule has 0 radical (unpaired) electrons. The number of nitrogens with one attached hydrogen (secondary N) is 1. The van der Waals surface area contributed by atoms with Crippen molar-refractivity contribution in [2.75, 3.05) is 32.5 Å². The Balaban J connectivity index is 2.03. The highest BCUT2D eigenvalue weighted by Crippen LogP contribution is 2.16. The number of halogens is 1. The molecule has 1 aromatic carbocycles. The van der Waals surface area contributed by atoms with Gasteiger partial charge in [-0.1, -0.05) is 6.07 Å². The van der Waals surface area contributed by atoms with E-state index in [9.17, 15) is 14.4 Å². The minimum absolute atomic E-state index is 0.00990. The predicted octanol–water partition coefficient (Wildman–Crippen LogP) is 2.20. The Labute approximate surface area is 136 Å². The van der Waals surface area contributed by atoms with Gasteiger partial charge in [0.1, 0.15) is 17.5 Å². The molecule has 1 aromatic rings. The lowest BCUT2D eigenvalue weighted by Crippen LogP contribution is -2.44. The molecule has 122 valence electrons. The fourth-order valence-electron chi connectivity index (χ4n) is 2.61. The smallest absolute Gasteiger partial charge is 0.266 e. The second-order valence-corrected chi connectivity index (χ2v) is 5.78. The summed E-state index contributed by atoms with van der Waals surface area (Å²) in [6.07, 6.45) is 3.13. The number of likely N-dealkylation sites (N-methyl/N-ethyl adjacent to an activating group) is 1. The molecule has 1 aliphatic rings. The summed E-state index contributed by atoms with van der Waals surface area (Å²) in [6.45, 7) is 1.88. The molecule has 1 amide bonds. The van der Waals surface area contributed by atoms with E-state index in [0.717, 1.165) is 25.9 Å². The van der Waals surface area contributed by atoms with Crippen molar-refractivity contribution in [3.8, 4) is 6.07 Å². The van der Waals surface area contributed by atoms with Crippen LogP contribution >= 0.6 is 0 Å². The summed E-state index contributed by atoms with van der Waals surface area (Å²) in [6, 6.07) is 7.92. The van der Waals surface area contributed by atoms with Crippen LogP contribution in [0.5, 0.6) is 0 Å². The third-order valence-corrected chi connectivity index (χ3v) is 4.11. The summed E-state index contributed by atoms with van der Waals surface area (Å²) in [5.74, 6) is -0.692. The highest BCUT2D eigenvalue weighted by molar-refractivity contribution is 5.97. The van der Waals surface area contributed by atoms with Crippen LogP contribution < -0.4 is 5.32 Å². The average molecular weight is 316 g/mol. The van der Waals surface area contributed by atoms with Gasteiger partial charge in [0.25, 0.3) is 5.91 Å². The number of likely N-dealkylation sites (tertiary alicyclic amines) is 1. The van der Waals surface area contributed by atoms with E-state index in [0.29, 0.717) is 5.69 Å². The van der Waals surface area contributed by atoms with Crippen molar-refractivity contribution in [2.24, 2.45) is 0 Å². The number of anilines is 1. The van der Waals surface area contributed by atoms with Crippen LogP contribution in [-0.2, 0) is 4.79 Å². The lowest BCUT2D eigenvalue weighted by molar-refractivity contribution is -0.128. The van der Waals surface area contributed by atoms with E-state index in [1.165, 1.54) is 18.3 Å². The number of hydrogen-bond donors (Lipinski definition) is 1. The molecule has 0 saturated carbocycles. The maximum atomic E-state index is 13.1. The maximum Gasteiger partial charge on any atom is 0.266 e. The first kappa shape index (κ1) is 17.0. The van der Waals surface area contributed by atoms with Crippen molar-refractivity contribution in [1.82, 2.24) is 9.80 Å². The van der Waals surface area contributed by atoms with Crippen LogP contribution in [0.15, 0.2) is 36.0 Å². The molecule has 0 spiro atoms. The standard InChI is InChI=1S/C17H21FN4O/c1-21-8-6-16(7-9-21)22(2)17(23)13(11-19)12-20-15-5-3-4-14(18)10-15/h3-5,10,12,16,20H,6-9H2,1-2H3/b13-12-. The van der Waals surface area contributed by atoms with Crippen LogP contribution in [-0.4, -0.2) is 48.9 Å². The van der Waals surface area contributed by atoms with E-state index in [4.69, 9.17) is 0 Å². The normalized spacial score (nSPS) is 16.7. The summed E-state index contributed by atoms with van der Waals surface area (Å²) in [4.78, 5) is 16.3. The Morgan fingerprint density at radius 2 is 2.17 bits per heavy atom. The molecule has 1 N–H and O–H groups in total. The Bertz CT molecular complexity index is 630. The molecule has 1 fully saturated rings. The fourth-order valence-corrected chi connectivity index (χ4v) is 2.61. The molecular formula is C17H21FN4O. The number of piperidine rings is 1. The SMILES string of the molecule is CN1CCC(N(C)C(=O)/C(C#N)=C\Nc2cccc(F)c2)CC1. The first-order chi connectivity index (χ1) is 11.0. The number of rotatable bonds is 4. The van der Waals surface area contributed by atoms with E-state index in [1.807, 2.05) is 6.07 Å². The molecule has 1 heterocycles. The Morgan fingerprint density at radius 1 is 1.48 bits per heavy atom. The number of carbonyl (C=O) groups is 1. The van der Waals surface area contributed by atoms with Gasteiger partial charge < -0.3 is 15.1 Å². The topological polar surface area (TPSA) is 59.4 Å². The van der Waals surface area contributed by atoms with Gasteiger partial charge in [0.2, 0.25) is 0 Å². The highest BCUT2D eigenvalue weighted by Gasteiger charge is 2.25. The van der Waals surface area contributed by atoms with Crippen LogP contribution in [0.2, 0.25) is 0 Å². The number of amides is 1. The van der Waals surface area contributed by atoms with E-state index in [2.05, 4.69) is 17.3 Å². The van der Waals surface area contributed by atoms with Crippen molar-refractivity contribution in [3.05, 3.63) is 41.9 Å². The number of hydrogen-bond acceptors (Lipinski definition) is 4. The number of nitriles is 1. The van der Waals surface area contributed by atoms with Gasteiger partial charge in [0, 0.05) is 25.0 Å². The van der Waals surface area contributed by atoms with Crippen molar-refractivity contribution < 1.29 is 9.18 Å². The molecule has 0 aromatic heterocycles. The molecule has 6 heteroatoms. The zero-order valence-electron chi connectivity index (χ0n) is 13.4. The van der Waals surface area contributed by atoms with E-state index in [1.54, 1.807) is 24.1 Å². The van der Waals surface area contributed by atoms with Gasteiger partial charge in [-0.25, -0.2) is 4.39 Å². The molecule has 1 saturated heterocycles.